The summed E-state index contributed by atoms with van der Waals surface area (Å²) in [5.41, 5.74) is 9.37. The second kappa shape index (κ2) is 14.2. The van der Waals surface area contributed by atoms with Crippen LogP contribution in [0.4, 0.5) is 17.6 Å². The van der Waals surface area contributed by atoms with Crippen molar-refractivity contribution in [1.82, 2.24) is 4.90 Å². The minimum atomic E-state index is -2.79. The summed E-state index contributed by atoms with van der Waals surface area (Å²) in [6.07, 6.45) is 2.27. The van der Waals surface area contributed by atoms with Crippen molar-refractivity contribution >= 4 is 23.7 Å². The van der Waals surface area contributed by atoms with E-state index in [1.54, 1.807) is 18.9 Å². The van der Waals surface area contributed by atoms with E-state index < -0.39 is 17.2 Å². The van der Waals surface area contributed by atoms with Crippen molar-refractivity contribution in [3.05, 3.63) is 74.9 Å². The summed E-state index contributed by atoms with van der Waals surface area (Å²) in [6.45, 7) is 10.7. The zero-order valence-electron chi connectivity index (χ0n) is 24.8. The molecule has 5 nitrogen and oxygen atoms in total. The van der Waals surface area contributed by atoms with Gasteiger partial charge in [0.2, 0.25) is 6.41 Å². The summed E-state index contributed by atoms with van der Waals surface area (Å²) in [5.74, 6) is -3.43. The summed E-state index contributed by atoms with van der Waals surface area (Å²) < 4.78 is 58.8. The largest absolute Gasteiger partial charge is 0.491 e. The highest BCUT2D eigenvalue weighted by molar-refractivity contribution is 6.32. The van der Waals surface area contributed by atoms with Gasteiger partial charge >= 0.3 is 0 Å². The first-order chi connectivity index (χ1) is 19.2. The predicted octanol–water partition coefficient (Wildman–Crippen LogP) is 7.64. The highest BCUT2D eigenvalue weighted by Gasteiger charge is 2.59. The van der Waals surface area contributed by atoms with Gasteiger partial charge in [0, 0.05) is 43.4 Å². The second-order valence-corrected chi connectivity index (χ2v) is 10.7. The average Bonchev–Trinajstić information content (AvgIpc) is 3.71. The molecule has 1 aliphatic heterocycles. The number of carbonyl (C=O) groups is 1. The molecule has 1 heterocycles. The number of rotatable bonds is 7. The second-order valence-electron chi connectivity index (χ2n) is 10.3. The zero-order chi connectivity index (χ0) is 31.1. The van der Waals surface area contributed by atoms with Crippen molar-refractivity contribution in [2.75, 3.05) is 20.2 Å². The lowest BCUT2D eigenvalue weighted by Gasteiger charge is -2.33. The van der Waals surface area contributed by atoms with Crippen molar-refractivity contribution in [3.8, 4) is 5.75 Å². The molecule has 2 aromatic carbocycles. The fourth-order valence-corrected chi connectivity index (χ4v) is 4.76. The van der Waals surface area contributed by atoms with Crippen LogP contribution in [-0.2, 0) is 4.79 Å². The molecule has 0 spiro atoms. The minimum absolute atomic E-state index is 0.129. The molecule has 1 saturated carbocycles. The van der Waals surface area contributed by atoms with Gasteiger partial charge in [-0.05, 0) is 75.4 Å². The first-order valence-electron chi connectivity index (χ1n) is 13.6. The number of nitrogens with two attached hydrogens (primary N) is 1. The molecule has 1 atom stereocenters. The van der Waals surface area contributed by atoms with Crippen molar-refractivity contribution < 1.29 is 27.1 Å². The third-order valence-corrected chi connectivity index (χ3v) is 7.84. The number of nitrogens with zero attached hydrogens (tertiary/aromatic N) is 2. The molecular weight excluding hydrogens is 558 g/mol. The van der Waals surface area contributed by atoms with Gasteiger partial charge in [-0.25, -0.2) is 17.6 Å². The Balaban J connectivity index is 0.000000273. The molecule has 2 N–H and O–H groups in total. The molecule has 1 amide bonds. The summed E-state index contributed by atoms with van der Waals surface area (Å²) in [5, 5.41) is 0.270. The fraction of sp³-hybridized carbons (Fsp3) is 0.484. The van der Waals surface area contributed by atoms with E-state index in [1.165, 1.54) is 18.2 Å². The Labute approximate surface area is 245 Å². The third kappa shape index (κ3) is 8.24. The van der Waals surface area contributed by atoms with Crippen LogP contribution in [0.1, 0.15) is 63.6 Å². The number of carbonyl (C=O) groups excluding carboxylic acids is 1. The Kier molecular flexibility index (Phi) is 11.8. The standard InChI is InChI=1S/C16H20FN3O.C13H14ClF3O.C2H6/c1-10-6-12(8-13(17)7-10)16(19-3)14-4-5-20(9-21)11(2)15(14)18;1-8-5-9(15)6-10(11(8)14)18-7-13(3-4-13)12(2,16)17;1-2/h6-9,11H,4-5,18H2,1-3H3;5-6H,3-4,7H2,1-2H3;1-2H3. The minimum Gasteiger partial charge on any atom is -0.491 e. The number of halogens is 5. The van der Waals surface area contributed by atoms with E-state index >= 15 is 0 Å². The van der Waals surface area contributed by atoms with E-state index in [1.807, 2.05) is 33.8 Å². The molecule has 10 heteroatoms. The molecule has 0 aromatic heterocycles. The van der Waals surface area contributed by atoms with Crippen LogP contribution in [0.3, 0.4) is 0 Å². The van der Waals surface area contributed by atoms with Gasteiger partial charge in [-0.3, -0.25) is 9.79 Å². The lowest BCUT2D eigenvalue weighted by atomic mass is 9.91. The van der Waals surface area contributed by atoms with Crippen molar-refractivity contribution in [2.24, 2.45) is 16.1 Å². The first-order valence-corrected chi connectivity index (χ1v) is 14.0. The Hall–Kier alpha value is -3.07. The Morgan fingerprint density at radius 2 is 1.78 bits per heavy atom. The first kappa shape index (κ1) is 34.1. The van der Waals surface area contributed by atoms with Gasteiger partial charge in [0.25, 0.3) is 5.92 Å². The molecule has 1 aliphatic carbocycles. The molecule has 0 saturated heterocycles. The Morgan fingerprint density at radius 1 is 1.17 bits per heavy atom. The number of hydrogen-bond donors (Lipinski definition) is 1. The molecule has 2 aromatic rings. The maximum absolute atomic E-state index is 13.6. The molecule has 2 aliphatic rings. The normalized spacial score (nSPS) is 18.1. The monoisotopic (exact) mass is 597 g/mol. The summed E-state index contributed by atoms with van der Waals surface area (Å²) in [6, 6.07) is 7.06. The molecular formula is C31H40ClF4N3O2. The van der Waals surface area contributed by atoms with E-state index in [0.29, 0.717) is 42.8 Å². The van der Waals surface area contributed by atoms with Crippen LogP contribution >= 0.6 is 11.6 Å². The maximum Gasteiger partial charge on any atom is 0.254 e. The summed E-state index contributed by atoms with van der Waals surface area (Å²) in [7, 11) is 1.67. The average molecular weight is 598 g/mol. The molecule has 0 radical (unpaired) electrons. The number of hydrogen-bond acceptors (Lipinski definition) is 4. The summed E-state index contributed by atoms with van der Waals surface area (Å²) in [4.78, 5) is 17.0. The van der Waals surface area contributed by atoms with Gasteiger partial charge in [0.05, 0.1) is 28.8 Å². The Bertz CT molecular complexity index is 1270. The molecule has 1 unspecified atom stereocenters. The van der Waals surface area contributed by atoms with Crippen LogP contribution in [0.25, 0.3) is 0 Å². The topological polar surface area (TPSA) is 67.9 Å². The highest BCUT2D eigenvalue weighted by Crippen LogP contribution is 2.56. The maximum atomic E-state index is 13.6. The van der Waals surface area contributed by atoms with Gasteiger partial charge in [-0.1, -0.05) is 25.4 Å². The van der Waals surface area contributed by atoms with Crippen LogP contribution in [0, 0.1) is 30.9 Å². The van der Waals surface area contributed by atoms with Gasteiger partial charge in [0.15, 0.2) is 0 Å². The van der Waals surface area contributed by atoms with E-state index in [4.69, 9.17) is 22.1 Å². The number of ether oxygens (including phenoxy) is 1. The van der Waals surface area contributed by atoms with Crippen LogP contribution < -0.4 is 10.5 Å². The van der Waals surface area contributed by atoms with E-state index in [2.05, 4.69) is 4.99 Å². The number of benzene rings is 2. The van der Waals surface area contributed by atoms with Crippen LogP contribution in [0.15, 0.2) is 46.6 Å². The van der Waals surface area contributed by atoms with Crippen LogP contribution in [0.2, 0.25) is 5.02 Å². The molecule has 0 bridgehead atoms. The number of amides is 1. The number of aliphatic imine (C=N–C) groups is 1. The van der Waals surface area contributed by atoms with E-state index in [0.717, 1.165) is 36.1 Å². The quantitative estimate of drug-likeness (QED) is 0.203. The summed E-state index contributed by atoms with van der Waals surface area (Å²) >= 11 is 5.95. The predicted molar refractivity (Wildman–Crippen MR) is 157 cm³/mol. The number of aryl methyl sites for hydroxylation is 2. The fourth-order valence-electron chi connectivity index (χ4n) is 4.60. The van der Waals surface area contributed by atoms with Gasteiger partial charge in [-0.15, -0.1) is 0 Å². The molecule has 226 valence electrons. The van der Waals surface area contributed by atoms with Crippen molar-refractivity contribution in [2.45, 2.75) is 72.8 Å². The SMILES string of the molecule is CC.CN=C(C1=C(N)C(C)N(C=O)CC1)c1cc(C)cc(F)c1.Cc1cc(F)cc(OCC2(C(C)(F)F)CC2)c1Cl. The Morgan fingerprint density at radius 3 is 2.29 bits per heavy atom. The van der Waals surface area contributed by atoms with Gasteiger partial charge in [0.1, 0.15) is 17.4 Å². The van der Waals surface area contributed by atoms with Crippen molar-refractivity contribution in [3.63, 3.8) is 0 Å². The van der Waals surface area contributed by atoms with E-state index in [-0.39, 0.29) is 29.2 Å². The number of alkyl halides is 2. The van der Waals surface area contributed by atoms with Gasteiger partial charge in [-0.2, -0.15) is 0 Å². The van der Waals surface area contributed by atoms with Crippen LogP contribution in [0.5, 0.6) is 5.75 Å². The third-order valence-electron chi connectivity index (χ3n) is 7.35. The lowest BCUT2D eigenvalue weighted by Crippen LogP contribution is -2.42. The molecule has 1 fully saturated rings. The van der Waals surface area contributed by atoms with Crippen LogP contribution in [-0.4, -0.2) is 49.2 Å². The smallest absolute Gasteiger partial charge is 0.254 e. The lowest BCUT2D eigenvalue weighted by molar-refractivity contribution is -0.119. The highest BCUT2D eigenvalue weighted by atomic mass is 35.5. The molecule has 4 rings (SSSR count). The molecule has 41 heavy (non-hydrogen) atoms. The van der Waals surface area contributed by atoms with Gasteiger partial charge < -0.3 is 15.4 Å². The van der Waals surface area contributed by atoms with Crippen molar-refractivity contribution in [1.29, 1.82) is 0 Å². The zero-order valence-corrected chi connectivity index (χ0v) is 25.5. The van der Waals surface area contributed by atoms with E-state index in [9.17, 15) is 22.4 Å².